The van der Waals surface area contributed by atoms with E-state index in [-0.39, 0.29) is 12.4 Å². The number of alkyl carbamates (subject to hydrolysis) is 1. The molecule has 0 saturated carbocycles. The maximum absolute atomic E-state index is 11.9. The highest BCUT2D eigenvalue weighted by molar-refractivity contribution is 5.84. The second-order valence-electron chi connectivity index (χ2n) is 10.4. The standard InChI is InChI=1S/C28H44N2O4/c1-28(2,3)34-27(31)29-17-16-23-21-30-25-15-14-22(20-24(23)25)12-8-6-4-5-7-10-18-32-26-13-9-11-19-33-26/h14-15,20-21,26,30H,4-13,16-19H2,1-3H3,(H,29,31). The number of unbranched alkanes of at least 4 members (excludes halogenated alkanes) is 5. The maximum Gasteiger partial charge on any atom is 0.407 e. The Morgan fingerprint density at radius 3 is 2.65 bits per heavy atom. The summed E-state index contributed by atoms with van der Waals surface area (Å²) in [6.45, 7) is 7.86. The molecule has 0 spiro atoms. The van der Waals surface area contributed by atoms with E-state index in [1.165, 1.54) is 61.5 Å². The predicted molar refractivity (Wildman–Crippen MR) is 137 cm³/mol. The minimum Gasteiger partial charge on any atom is -0.444 e. The third-order valence-corrected chi connectivity index (χ3v) is 6.20. The van der Waals surface area contributed by atoms with Crippen molar-refractivity contribution in [2.24, 2.45) is 0 Å². The highest BCUT2D eigenvalue weighted by Crippen LogP contribution is 2.22. The van der Waals surface area contributed by atoms with Crippen LogP contribution in [0.4, 0.5) is 4.79 Å². The Bertz CT molecular complexity index is 865. The lowest BCUT2D eigenvalue weighted by Crippen LogP contribution is -2.33. The number of aryl methyl sites for hydroxylation is 1. The summed E-state index contributed by atoms with van der Waals surface area (Å²) in [5.74, 6) is 0. The first kappa shape index (κ1) is 26.6. The van der Waals surface area contributed by atoms with Crippen molar-refractivity contribution >= 4 is 17.0 Å². The van der Waals surface area contributed by atoms with Gasteiger partial charge in [-0.15, -0.1) is 0 Å². The smallest absolute Gasteiger partial charge is 0.407 e. The first-order chi connectivity index (χ1) is 16.4. The average Bonchev–Trinajstić information content (AvgIpc) is 3.20. The zero-order valence-corrected chi connectivity index (χ0v) is 21.4. The molecule has 1 aliphatic rings. The van der Waals surface area contributed by atoms with Gasteiger partial charge in [-0.1, -0.05) is 31.7 Å². The van der Waals surface area contributed by atoms with Gasteiger partial charge in [0.2, 0.25) is 0 Å². The molecule has 0 bridgehead atoms. The molecule has 1 atom stereocenters. The lowest BCUT2D eigenvalue weighted by atomic mass is 10.0. The molecule has 6 heteroatoms. The van der Waals surface area contributed by atoms with E-state index in [1.54, 1.807) is 0 Å². The molecular formula is C28H44N2O4. The van der Waals surface area contributed by atoms with Gasteiger partial charge in [0.1, 0.15) is 5.60 Å². The van der Waals surface area contributed by atoms with E-state index in [4.69, 9.17) is 14.2 Å². The van der Waals surface area contributed by atoms with Gasteiger partial charge in [-0.05, 0) is 89.0 Å². The lowest BCUT2D eigenvalue weighted by Gasteiger charge is -2.22. The number of carbonyl (C=O) groups excluding carboxylic acids is 1. The molecule has 2 heterocycles. The zero-order chi connectivity index (χ0) is 24.2. The number of hydrogen-bond acceptors (Lipinski definition) is 4. The Morgan fingerprint density at radius 2 is 1.88 bits per heavy atom. The predicted octanol–water partition coefficient (Wildman–Crippen LogP) is 6.66. The van der Waals surface area contributed by atoms with Gasteiger partial charge in [0.15, 0.2) is 6.29 Å². The van der Waals surface area contributed by atoms with E-state index in [1.807, 2.05) is 20.8 Å². The Kier molecular flexibility index (Phi) is 10.7. The number of hydrogen-bond donors (Lipinski definition) is 2. The molecular weight excluding hydrogens is 428 g/mol. The molecule has 0 aliphatic carbocycles. The van der Waals surface area contributed by atoms with Gasteiger partial charge in [-0.25, -0.2) is 4.79 Å². The van der Waals surface area contributed by atoms with Crippen LogP contribution in [-0.4, -0.2) is 42.7 Å². The molecule has 0 radical (unpaired) electrons. The van der Waals surface area contributed by atoms with Gasteiger partial charge >= 0.3 is 6.09 Å². The van der Waals surface area contributed by atoms with Crippen molar-refractivity contribution in [3.8, 4) is 0 Å². The van der Waals surface area contributed by atoms with E-state index >= 15 is 0 Å². The number of rotatable bonds is 13. The zero-order valence-electron chi connectivity index (χ0n) is 21.4. The number of nitrogens with one attached hydrogen (secondary N) is 2. The Labute approximate surface area is 205 Å². The summed E-state index contributed by atoms with van der Waals surface area (Å²) in [6.07, 6.45) is 14.5. The number of benzene rings is 1. The van der Waals surface area contributed by atoms with Gasteiger partial charge in [0, 0.05) is 36.9 Å². The number of aromatic amines is 1. The maximum atomic E-state index is 11.9. The average molecular weight is 473 g/mol. The first-order valence-electron chi connectivity index (χ1n) is 13.2. The van der Waals surface area contributed by atoms with E-state index < -0.39 is 5.60 Å². The summed E-state index contributed by atoms with van der Waals surface area (Å²) in [5, 5.41) is 4.11. The van der Waals surface area contributed by atoms with Gasteiger partial charge in [0.25, 0.3) is 0 Å². The summed E-state index contributed by atoms with van der Waals surface area (Å²) < 4.78 is 16.7. The van der Waals surface area contributed by atoms with Crippen molar-refractivity contribution in [3.63, 3.8) is 0 Å². The lowest BCUT2D eigenvalue weighted by molar-refractivity contribution is -0.162. The van der Waals surface area contributed by atoms with Crippen molar-refractivity contribution < 1.29 is 19.0 Å². The van der Waals surface area contributed by atoms with Crippen LogP contribution in [0.15, 0.2) is 24.4 Å². The third kappa shape index (κ3) is 9.67. The molecule has 34 heavy (non-hydrogen) atoms. The van der Waals surface area contributed by atoms with Crippen LogP contribution in [0.2, 0.25) is 0 Å². The molecule has 3 rings (SSSR count). The fourth-order valence-corrected chi connectivity index (χ4v) is 4.40. The fraction of sp³-hybridized carbons (Fsp3) is 0.679. The van der Waals surface area contributed by atoms with Gasteiger partial charge in [0.05, 0.1) is 0 Å². The monoisotopic (exact) mass is 472 g/mol. The second kappa shape index (κ2) is 13.7. The molecule has 1 amide bonds. The normalized spacial score (nSPS) is 16.6. The van der Waals surface area contributed by atoms with Gasteiger partial charge < -0.3 is 24.5 Å². The number of aromatic nitrogens is 1. The summed E-state index contributed by atoms with van der Waals surface area (Å²) in [7, 11) is 0. The quantitative estimate of drug-likeness (QED) is 0.320. The molecule has 1 unspecified atom stereocenters. The van der Waals surface area contributed by atoms with Crippen LogP contribution >= 0.6 is 0 Å². The van der Waals surface area contributed by atoms with Crippen molar-refractivity contribution in [2.75, 3.05) is 19.8 Å². The molecule has 1 aliphatic heterocycles. The summed E-state index contributed by atoms with van der Waals surface area (Å²) >= 11 is 0. The topological polar surface area (TPSA) is 72.6 Å². The van der Waals surface area contributed by atoms with Crippen molar-refractivity contribution in [1.82, 2.24) is 10.3 Å². The number of carbonyl (C=O) groups is 1. The molecule has 1 aromatic carbocycles. The van der Waals surface area contributed by atoms with Crippen molar-refractivity contribution in [1.29, 1.82) is 0 Å². The van der Waals surface area contributed by atoms with E-state index in [0.717, 1.165) is 44.4 Å². The van der Waals surface area contributed by atoms with Crippen molar-refractivity contribution in [3.05, 3.63) is 35.5 Å². The number of ether oxygens (including phenoxy) is 3. The van der Waals surface area contributed by atoms with Crippen LogP contribution in [0.1, 0.15) is 89.7 Å². The van der Waals surface area contributed by atoms with Crippen LogP contribution in [-0.2, 0) is 27.1 Å². The Morgan fingerprint density at radius 1 is 1.09 bits per heavy atom. The summed E-state index contributed by atoms with van der Waals surface area (Å²) in [6, 6.07) is 6.71. The molecule has 1 aromatic heterocycles. The number of fused-ring (bicyclic) bond motifs is 1. The minimum absolute atomic E-state index is 0.0490. The highest BCUT2D eigenvalue weighted by Gasteiger charge is 2.16. The van der Waals surface area contributed by atoms with Crippen LogP contribution in [0.3, 0.4) is 0 Å². The van der Waals surface area contributed by atoms with Crippen LogP contribution in [0.25, 0.3) is 10.9 Å². The Balaban J connectivity index is 1.29. The molecule has 2 aromatic rings. The molecule has 1 fully saturated rings. The highest BCUT2D eigenvalue weighted by atomic mass is 16.7. The van der Waals surface area contributed by atoms with Crippen molar-refractivity contribution in [2.45, 2.75) is 103 Å². The second-order valence-corrected chi connectivity index (χ2v) is 10.4. The fourth-order valence-electron chi connectivity index (χ4n) is 4.40. The molecule has 1 saturated heterocycles. The van der Waals surface area contributed by atoms with Crippen LogP contribution in [0.5, 0.6) is 0 Å². The van der Waals surface area contributed by atoms with E-state index in [9.17, 15) is 4.79 Å². The van der Waals surface area contributed by atoms with Crippen LogP contribution < -0.4 is 5.32 Å². The molecule has 2 N–H and O–H groups in total. The minimum atomic E-state index is -0.474. The molecule has 190 valence electrons. The summed E-state index contributed by atoms with van der Waals surface area (Å²) in [4.78, 5) is 15.2. The first-order valence-corrected chi connectivity index (χ1v) is 13.2. The number of H-pyrrole nitrogens is 1. The summed E-state index contributed by atoms with van der Waals surface area (Å²) in [5.41, 5.74) is 3.29. The molecule has 6 nitrogen and oxygen atoms in total. The van der Waals surface area contributed by atoms with E-state index in [2.05, 4.69) is 34.7 Å². The largest absolute Gasteiger partial charge is 0.444 e. The van der Waals surface area contributed by atoms with Crippen LogP contribution in [0, 0.1) is 0 Å². The third-order valence-electron chi connectivity index (χ3n) is 6.20. The Hall–Kier alpha value is -2.05. The van der Waals surface area contributed by atoms with Gasteiger partial charge in [-0.3, -0.25) is 0 Å². The van der Waals surface area contributed by atoms with E-state index in [0.29, 0.717) is 6.54 Å². The number of amides is 1. The SMILES string of the molecule is CC(C)(C)OC(=O)NCCc1c[nH]c2ccc(CCCCCCCCOC3CCCCO3)cc12. The van der Waals surface area contributed by atoms with Gasteiger partial charge in [-0.2, -0.15) is 0 Å².